The zero-order chi connectivity index (χ0) is 30.2. The second kappa shape index (κ2) is 8.72. The quantitative estimate of drug-likeness (QED) is 0.242. The number of nitriles is 4. The van der Waals surface area contributed by atoms with E-state index in [0.717, 1.165) is 24.3 Å². The third-order valence-electron chi connectivity index (χ3n) is 8.40. The fourth-order valence-corrected chi connectivity index (χ4v) is 6.61. The lowest BCUT2D eigenvalue weighted by molar-refractivity contribution is -0.138. The number of benzene rings is 2. The molecule has 0 aliphatic heterocycles. The smallest absolute Gasteiger partial charge is 0.192 e. The highest BCUT2D eigenvalue weighted by atomic mass is 19.4. The fourth-order valence-electron chi connectivity index (χ4n) is 6.61. The first-order valence-electron chi connectivity index (χ1n) is 12.1. The second-order valence-electron chi connectivity index (χ2n) is 10.2. The van der Waals surface area contributed by atoms with Crippen LogP contribution in [-0.2, 0) is 17.8 Å². The molecule has 0 heterocycles. The normalized spacial score (nSPS) is 20.8. The Bertz CT molecular complexity index is 1860. The number of hydrogen-bond acceptors (Lipinski definition) is 4. The average molecular weight is 558 g/mol. The average Bonchev–Trinajstić information content (AvgIpc) is 3.39. The zero-order valence-electron chi connectivity index (χ0n) is 21.6. The van der Waals surface area contributed by atoms with Gasteiger partial charge in [-0.1, -0.05) is 30.2 Å². The standard InChI is InChI=1S/C31H16F6N4/c1-14-24-20-6-4-18(30(32,33)34)8-21(20)26(16(10-38)11-39)25(24)15(2)29(3)23-7-5-19(31(35,36)37)9-22(23)27(28(14)29)17(12-40)13-41/h4-9,28H,1-3H3. The minimum Gasteiger partial charge on any atom is -0.192 e. The summed E-state index contributed by atoms with van der Waals surface area (Å²) in [4.78, 5) is 0. The van der Waals surface area contributed by atoms with Crippen molar-refractivity contribution in [2.75, 3.05) is 0 Å². The van der Waals surface area contributed by atoms with Gasteiger partial charge in [0.1, 0.15) is 35.4 Å². The Morgan fingerprint density at radius 3 is 1.73 bits per heavy atom. The van der Waals surface area contributed by atoms with Crippen LogP contribution in [0.15, 0.2) is 64.3 Å². The SMILES string of the molecule is CC1=C2C(=C(C)C3(C)c4ccc(C(F)(F)F)cc4C(=C(C#N)C#N)C13)C(=C(C#N)C#N)c1cc(C(F)(F)F)ccc12. The molecular weight excluding hydrogens is 542 g/mol. The monoisotopic (exact) mass is 558 g/mol. The molecule has 5 rings (SSSR count). The topological polar surface area (TPSA) is 95.2 Å². The van der Waals surface area contributed by atoms with Crippen molar-refractivity contribution >= 4 is 16.7 Å². The molecule has 10 heteroatoms. The van der Waals surface area contributed by atoms with Gasteiger partial charge in [0.15, 0.2) is 0 Å². The van der Waals surface area contributed by atoms with Gasteiger partial charge in [0.2, 0.25) is 0 Å². The van der Waals surface area contributed by atoms with Crippen LogP contribution in [0, 0.1) is 51.2 Å². The van der Waals surface area contributed by atoms with E-state index < -0.39 is 40.4 Å². The minimum atomic E-state index is -4.71. The molecule has 0 amide bonds. The van der Waals surface area contributed by atoms with E-state index in [1.807, 2.05) is 0 Å². The Morgan fingerprint density at radius 2 is 1.22 bits per heavy atom. The molecule has 41 heavy (non-hydrogen) atoms. The van der Waals surface area contributed by atoms with Crippen molar-refractivity contribution < 1.29 is 26.3 Å². The van der Waals surface area contributed by atoms with Gasteiger partial charge >= 0.3 is 12.4 Å². The van der Waals surface area contributed by atoms with E-state index in [-0.39, 0.29) is 27.8 Å². The van der Waals surface area contributed by atoms with E-state index in [4.69, 9.17) is 0 Å². The molecule has 0 bridgehead atoms. The van der Waals surface area contributed by atoms with Crippen molar-refractivity contribution in [1.82, 2.24) is 0 Å². The van der Waals surface area contributed by atoms with Crippen LogP contribution in [0.1, 0.15) is 54.2 Å². The molecule has 0 fully saturated rings. The summed E-state index contributed by atoms with van der Waals surface area (Å²) in [7, 11) is 0. The van der Waals surface area contributed by atoms with Crippen LogP contribution in [-0.4, -0.2) is 0 Å². The Kier molecular flexibility index (Phi) is 5.85. The molecule has 2 atom stereocenters. The molecule has 0 aromatic heterocycles. The first kappa shape index (κ1) is 27.5. The number of alkyl halides is 6. The Balaban J connectivity index is 1.97. The van der Waals surface area contributed by atoms with E-state index in [2.05, 4.69) is 0 Å². The van der Waals surface area contributed by atoms with Crippen LogP contribution >= 0.6 is 0 Å². The molecule has 2 aromatic rings. The molecular formula is C31H16F6N4. The van der Waals surface area contributed by atoms with Gasteiger partial charge in [-0.3, -0.25) is 0 Å². The van der Waals surface area contributed by atoms with E-state index >= 15 is 0 Å². The molecule has 2 aromatic carbocycles. The van der Waals surface area contributed by atoms with Gasteiger partial charge in [-0.15, -0.1) is 0 Å². The van der Waals surface area contributed by atoms with Crippen LogP contribution in [0.25, 0.3) is 16.7 Å². The molecule has 0 N–H and O–H groups in total. The van der Waals surface area contributed by atoms with Crippen LogP contribution in [0.3, 0.4) is 0 Å². The first-order valence-corrected chi connectivity index (χ1v) is 12.1. The van der Waals surface area contributed by atoms with Gasteiger partial charge in [-0.25, -0.2) is 0 Å². The molecule has 0 radical (unpaired) electrons. The minimum absolute atomic E-state index is 0.00862. The number of nitrogens with zero attached hydrogens (tertiary/aromatic N) is 4. The van der Waals surface area contributed by atoms with E-state index in [1.54, 1.807) is 45.0 Å². The molecule has 3 aliphatic rings. The molecule has 2 unspecified atom stereocenters. The van der Waals surface area contributed by atoms with Crippen molar-refractivity contribution in [2.24, 2.45) is 5.92 Å². The van der Waals surface area contributed by atoms with Crippen molar-refractivity contribution in [3.8, 4) is 24.3 Å². The molecule has 0 spiro atoms. The summed E-state index contributed by atoms with van der Waals surface area (Å²) in [5.41, 5.74) is -1.27. The number of hydrogen-bond donors (Lipinski definition) is 0. The number of fused-ring (bicyclic) bond motifs is 6. The van der Waals surface area contributed by atoms with Gasteiger partial charge < -0.3 is 0 Å². The number of allylic oxidation sites excluding steroid dienone is 8. The first-order chi connectivity index (χ1) is 19.2. The summed E-state index contributed by atoms with van der Waals surface area (Å²) in [6, 6.07) is 13.3. The highest BCUT2D eigenvalue weighted by Gasteiger charge is 2.55. The van der Waals surface area contributed by atoms with Crippen LogP contribution < -0.4 is 0 Å². The Morgan fingerprint density at radius 1 is 0.707 bits per heavy atom. The zero-order valence-corrected chi connectivity index (χ0v) is 21.6. The van der Waals surface area contributed by atoms with Crippen molar-refractivity contribution in [3.63, 3.8) is 0 Å². The maximum absolute atomic E-state index is 13.7. The van der Waals surface area contributed by atoms with Crippen LogP contribution in [0.4, 0.5) is 26.3 Å². The molecule has 4 nitrogen and oxygen atoms in total. The molecule has 0 saturated heterocycles. The lowest BCUT2D eigenvalue weighted by Crippen LogP contribution is -2.34. The highest BCUT2D eigenvalue weighted by Crippen LogP contribution is 2.66. The maximum atomic E-state index is 13.7. The highest BCUT2D eigenvalue weighted by molar-refractivity contribution is 6.14. The Hall–Kier alpha value is -5.06. The molecule has 3 aliphatic carbocycles. The van der Waals surface area contributed by atoms with E-state index in [1.165, 1.54) is 12.1 Å². The summed E-state index contributed by atoms with van der Waals surface area (Å²) < 4.78 is 82.3. The lowest BCUT2D eigenvalue weighted by Gasteiger charge is -2.41. The largest absolute Gasteiger partial charge is 0.416 e. The van der Waals surface area contributed by atoms with E-state index in [0.29, 0.717) is 33.4 Å². The molecule has 0 saturated carbocycles. The summed E-state index contributed by atoms with van der Waals surface area (Å²) in [6.07, 6.45) is -9.41. The van der Waals surface area contributed by atoms with Crippen molar-refractivity contribution in [2.45, 2.75) is 38.5 Å². The Labute approximate surface area is 230 Å². The maximum Gasteiger partial charge on any atom is 0.416 e. The lowest BCUT2D eigenvalue weighted by atomic mass is 9.61. The van der Waals surface area contributed by atoms with Gasteiger partial charge in [0, 0.05) is 16.9 Å². The summed E-state index contributed by atoms with van der Waals surface area (Å²) >= 11 is 0. The van der Waals surface area contributed by atoms with Crippen LogP contribution in [0.2, 0.25) is 0 Å². The fraction of sp³-hybridized carbons (Fsp3) is 0.226. The second-order valence-corrected chi connectivity index (χ2v) is 10.2. The number of rotatable bonds is 0. The van der Waals surface area contributed by atoms with Gasteiger partial charge in [0.05, 0.1) is 11.1 Å². The summed E-state index contributed by atoms with van der Waals surface area (Å²) in [6.45, 7) is 5.03. The van der Waals surface area contributed by atoms with Crippen molar-refractivity contribution in [3.05, 3.63) is 97.6 Å². The molecule has 202 valence electrons. The van der Waals surface area contributed by atoms with Crippen molar-refractivity contribution in [1.29, 1.82) is 21.0 Å². The van der Waals surface area contributed by atoms with Gasteiger partial charge in [0.25, 0.3) is 0 Å². The van der Waals surface area contributed by atoms with Gasteiger partial charge in [-0.2, -0.15) is 47.4 Å². The predicted octanol–water partition coefficient (Wildman–Crippen LogP) is 8.03. The van der Waals surface area contributed by atoms with Gasteiger partial charge in [-0.05, 0) is 77.1 Å². The van der Waals surface area contributed by atoms with Crippen LogP contribution in [0.5, 0.6) is 0 Å². The van der Waals surface area contributed by atoms with E-state index in [9.17, 15) is 47.4 Å². The summed E-state index contributed by atoms with van der Waals surface area (Å²) in [5.74, 6) is -0.823. The predicted molar refractivity (Wildman–Crippen MR) is 135 cm³/mol. The third-order valence-corrected chi connectivity index (χ3v) is 8.40. The summed E-state index contributed by atoms with van der Waals surface area (Å²) in [5, 5.41) is 39.3. The third kappa shape index (κ3) is 3.58. The number of halogens is 6.